The number of nitrogens with zero attached hydrogens (tertiary/aromatic N) is 5. The highest BCUT2D eigenvalue weighted by Crippen LogP contribution is 2.40. The fraction of sp³-hybridized carbons (Fsp3) is 0. The van der Waals surface area contributed by atoms with E-state index in [4.69, 9.17) is 15.0 Å². The molecule has 234 valence electrons. The summed E-state index contributed by atoms with van der Waals surface area (Å²) in [7, 11) is 0. The van der Waals surface area contributed by atoms with Crippen LogP contribution in [0.3, 0.4) is 0 Å². The van der Waals surface area contributed by atoms with E-state index in [2.05, 4.69) is 124 Å². The Morgan fingerprint density at radius 2 is 0.860 bits per heavy atom. The lowest BCUT2D eigenvalue weighted by Crippen LogP contribution is -2.07. The molecule has 0 amide bonds. The predicted molar refractivity (Wildman–Crippen MR) is 205 cm³/mol. The normalized spacial score (nSPS) is 11.6. The Labute approximate surface area is 288 Å². The van der Waals surface area contributed by atoms with Gasteiger partial charge in [0.25, 0.3) is 0 Å². The molecule has 0 aliphatic rings. The van der Waals surface area contributed by atoms with Crippen molar-refractivity contribution in [1.82, 2.24) is 24.1 Å². The van der Waals surface area contributed by atoms with Crippen LogP contribution in [-0.4, -0.2) is 24.1 Å². The molecule has 0 unspecified atom stereocenters. The third-order valence-corrected chi connectivity index (χ3v) is 9.58. The van der Waals surface area contributed by atoms with E-state index in [1.807, 2.05) is 60.7 Å². The summed E-state index contributed by atoms with van der Waals surface area (Å²) in [6.07, 6.45) is 0. The van der Waals surface area contributed by atoms with Crippen LogP contribution in [0.25, 0.3) is 89.2 Å². The largest absolute Gasteiger partial charge is 0.309 e. The first-order chi connectivity index (χ1) is 24.8. The summed E-state index contributed by atoms with van der Waals surface area (Å²) in [6.45, 7) is 0. The number of hydrogen-bond acceptors (Lipinski definition) is 3. The molecule has 0 aliphatic heterocycles. The molecule has 0 aliphatic carbocycles. The minimum absolute atomic E-state index is 0.579. The van der Waals surface area contributed by atoms with Gasteiger partial charge in [-0.15, -0.1) is 0 Å². The average molecular weight is 640 g/mol. The summed E-state index contributed by atoms with van der Waals surface area (Å²) >= 11 is 0. The van der Waals surface area contributed by atoms with Gasteiger partial charge in [-0.1, -0.05) is 146 Å². The van der Waals surface area contributed by atoms with E-state index in [0.717, 1.165) is 55.3 Å². The van der Waals surface area contributed by atoms with Crippen LogP contribution in [0.5, 0.6) is 0 Å². The van der Waals surface area contributed by atoms with Gasteiger partial charge in [0.05, 0.1) is 22.1 Å². The second-order valence-electron chi connectivity index (χ2n) is 12.5. The lowest BCUT2D eigenvalue weighted by atomic mass is 10.0. The van der Waals surface area contributed by atoms with Crippen LogP contribution in [0, 0.1) is 0 Å². The number of para-hydroxylation sites is 4. The Kier molecular flexibility index (Phi) is 6.42. The van der Waals surface area contributed by atoms with Gasteiger partial charge in [-0.05, 0) is 35.9 Å². The Balaban J connectivity index is 1.28. The van der Waals surface area contributed by atoms with E-state index < -0.39 is 0 Å². The van der Waals surface area contributed by atoms with Crippen LogP contribution in [-0.2, 0) is 0 Å². The van der Waals surface area contributed by atoms with Crippen molar-refractivity contribution in [3.05, 3.63) is 176 Å². The Morgan fingerprint density at radius 1 is 0.340 bits per heavy atom. The van der Waals surface area contributed by atoms with Crippen molar-refractivity contribution in [2.45, 2.75) is 0 Å². The fourth-order valence-corrected chi connectivity index (χ4v) is 7.35. The van der Waals surface area contributed by atoms with Gasteiger partial charge in [0.1, 0.15) is 0 Å². The molecular weight excluding hydrogens is 611 g/mol. The number of fused-ring (bicyclic) bond motifs is 6. The van der Waals surface area contributed by atoms with Gasteiger partial charge in [-0.2, -0.15) is 9.97 Å². The topological polar surface area (TPSA) is 48.5 Å². The molecular formula is C45H29N5. The van der Waals surface area contributed by atoms with Crippen molar-refractivity contribution >= 4 is 43.6 Å². The number of benzene rings is 7. The number of rotatable bonds is 5. The predicted octanol–water partition coefficient (Wildman–Crippen LogP) is 11.1. The average Bonchev–Trinajstić information content (AvgIpc) is 3.71. The second-order valence-corrected chi connectivity index (χ2v) is 12.5. The maximum atomic E-state index is 5.18. The van der Waals surface area contributed by atoms with E-state index in [1.54, 1.807) is 0 Å². The highest BCUT2D eigenvalue weighted by atomic mass is 15.2. The minimum atomic E-state index is 0.579. The van der Waals surface area contributed by atoms with Crippen molar-refractivity contribution in [2.75, 3.05) is 0 Å². The van der Waals surface area contributed by atoms with Crippen LogP contribution in [0.4, 0.5) is 0 Å². The SMILES string of the molecule is c1ccc(-c2nc(-c3ccccc3)nc(-n3c4ccccc4c4cccc(-c5ccc6c7ccccc7n(-c7ccccc7)c6c5)c43)n2)cc1. The summed E-state index contributed by atoms with van der Waals surface area (Å²) < 4.78 is 4.59. The van der Waals surface area contributed by atoms with Crippen LogP contribution >= 0.6 is 0 Å². The van der Waals surface area contributed by atoms with Crippen molar-refractivity contribution in [3.63, 3.8) is 0 Å². The standard InChI is InChI=1S/C45H29N5/c1-4-15-30(16-5-1)43-46-44(31-17-6-2-7-18-31)48-45(47-43)50-40-26-13-11-22-36(40)38-24-14-23-34(42(38)50)32-27-28-37-35-21-10-12-25-39(35)49(41(37)29-32)33-19-8-3-9-20-33/h1-29H. The summed E-state index contributed by atoms with van der Waals surface area (Å²) in [5.41, 5.74) is 9.68. The summed E-state index contributed by atoms with van der Waals surface area (Å²) in [4.78, 5) is 15.3. The molecule has 10 aromatic rings. The third kappa shape index (κ3) is 4.45. The Hall–Kier alpha value is -6.85. The van der Waals surface area contributed by atoms with E-state index in [0.29, 0.717) is 17.6 Å². The van der Waals surface area contributed by atoms with Crippen LogP contribution in [0.2, 0.25) is 0 Å². The molecule has 3 heterocycles. The minimum Gasteiger partial charge on any atom is -0.309 e. The first kappa shape index (κ1) is 28.2. The van der Waals surface area contributed by atoms with Crippen LogP contribution in [0.1, 0.15) is 0 Å². The summed E-state index contributed by atoms with van der Waals surface area (Å²) in [6, 6.07) is 61.5. The Bertz CT molecular complexity index is 2800. The summed E-state index contributed by atoms with van der Waals surface area (Å²) in [5, 5.41) is 4.74. The van der Waals surface area contributed by atoms with E-state index >= 15 is 0 Å². The van der Waals surface area contributed by atoms with Crippen LogP contribution < -0.4 is 0 Å². The highest BCUT2D eigenvalue weighted by Gasteiger charge is 2.21. The highest BCUT2D eigenvalue weighted by molar-refractivity contribution is 6.15. The molecule has 0 atom stereocenters. The van der Waals surface area contributed by atoms with Gasteiger partial charge in [0, 0.05) is 43.9 Å². The third-order valence-electron chi connectivity index (χ3n) is 9.58. The molecule has 0 N–H and O–H groups in total. The number of hydrogen-bond donors (Lipinski definition) is 0. The lowest BCUT2D eigenvalue weighted by Gasteiger charge is -2.13. The Morgan fingerprint density at radius 3 is 1.52 bits per heavy atom. The molecule has 7 aromatic carbocycles. The quantitative estimate of drug-likeness (QED) is 0.188. The fourth-order valence-electron chi connectivity index (χ4n) is 7.35. The van der Waals surface area contributed by atoms with Gasteiger partial charge in [0.15, 0.2) is 11.6 Å². The van der Waals surface area contributed by atoms with Gasteiger partial charge < -0.3 is 4.57 Å². The van der Waals surface area contributed by atoms with Gasteiger partial charge in [-0.25, -0.2) is 4.98 Å². The van der Waals surface area contributed by atoms with Gasteiger partial charge in [0.2, 0.25) is 5.95 Å². The van der Waals surface area contributed by atoms with Crippen molar-refractivity contribution in [3.8, 4) is 45.5 Å². The smallest absolute Gasteiger partial charge is 0.238 e. The monoisotopic (exact) mass is 639 g/mol. The maximum Gasteiger partial charge on any atom is 0.238 e. The summed E-state index contributed by atoms with van der Waals surface area (Å²) in [5.74, 6) is 1.84. The molecule has 0 radical (unpaired) electrons. The van der Waals surface area contributed by atoms with Crippen molar-refractivity contribution in [1.29, 1.82) is 0 Å². The molecule has 0 fully saturated rings. The molecule has 10 rings (SSSR count). The van der Waals surface area contributed by atoms with E-state index in [1.165, 1.54) is 16.3 Å². The maximum absolute atomic E-state index is 5.18. The molecule has 5 nitrogen and oxygen atoms in total. The van der Waals surface area contributed by atoms with Gasteiger partial charge >= 0.3 is 0 Å². The van der Waals surface area contributed by atoms with Crippen molar-refractivity contribution in [2.24, 2.45) is 0 Å². The second kappa shape index (κ2) is 11.4. The first-order valence-electron chi connectivity index (χ1n) is 16.8. The van der Waals surface area contributed by atoms with Crippen LogP contribution in [0.15, 0.2) is 176 Å². The van der Waals surface area contributed by atoms with E-state index in [9.17, 15) is 0 Å². The molecule has 0 saturated heterocycles. The first-order valence-corrected chi connectivity index (χ1v) is 16.8. The molecule has 5 heteroatoms. The lowest BCUT2D eigenvalue weighted by molar-refractivity contribution is 0.954. The molecule has 0 saturated carbocycles. The zero-order valence-corrected chi connectivity index (χ0v) is 27.0. The molecule has 0 bridgehead atoms. The van der Waals surface area contributed by atoms with Gasteiger partial charge in [-0.3, -0.25) is 4.57 Å². The molecule has 0 spiro atoms. The van der Waals surface area contributed by atoms with Crippen molar-refractivity contribution < 1.29 is 0 Å². The molecule has 3 aromatic heterocycles. The zero-order valence-electron chi connectivity index (χ0n) is 27.0. The zero-order chi connectivity index (χ0) is 33.0. The molecule has 50 heavy (non-hydrogen) atoms. The van der Waals surface area contributed by atoms with E-state index in [-0.39, 0.29) is 0 Å². The number of aromatic nitrogens is 5.